The van der Waals surface area contributed by atoms with Crippen LogP contribution in [0.15, 0.2) is 24.7 Å². The van der Waals surface area contributed by atoms with Gasteiger partial charge in [0.15, 0.2) is 0 Å². The first-order valence-electron chi connectivity index (χ1n) is 5.96. The minimum Gasteiger partial charge on any atom is -0.467 e. The van der Waals surface area contributed by atoms with Crippen LogP contribution in [0.1, 0.15) is 38.5 Å². The Kier molecular flexibility index (Phi) is 9.04. The molecule has 0 unspecified atom stereocenters. The molecule has 0 aliphatic heterocycles. The Labute approximate surface area is 134 Å². The third-order valence-corrected chi connectivity index (χ3v) is 3.51. The first-order valence-corrected chi connectivity index (χ1v) is 5.96. The molecule has 1 nitrogen and oxygen atoms in total. The van der Waals surface area contributed by atoms with Gasteiger partial charge in [-0.2, -0.15) is 25.7 Å². The predicted octanol–water partition coefficient (Wildman–Crippen LogP) is 4.03. The normalized spacial score (nSPS) is 26.8. The fourth-order valence-corrected chi connectivity index (χ4v) is 2.43. The second kappa shape index (κ2) is 8.71. The average Bonchev–Trinajstić information content (AvgIpc) is 2.91. The monoisotopic (exact) mass is 572 g/mol. The quantitative estimate of drug-likeness (QED) is 0.366. The molecule has 0 heterocycles. The van der Waals surface area contributed by atoms with Crippen LogP contribution in [0.4, 0.5) is 0 Å². The van der Waals surface area contributed by atoms with Gasteiger partial charge in [0, 0.05) is 42.1 Å². The van der Waals surface area contributed by atoms with Crippen molar-refractivity contribution in [2.75, 3.05) is 0 Å². The van der Waals surface area contributed by atoms with Gasteiger partial charge < -0.3 is 17.6 Å². The summed E-state index contributed by atoms with van der Waals surface area (Å²) in [4.78, 5) is 0. The van der Waals surface area contributed by atoms with Crippen LogP contribution in [-0.2, 0) is 46.9 Å². The molecule has 0 radical (unpaired) electrons. The fraction of sp³-hybridized carbons (Fsp3) is 0.571. The predicted molar refractivity (Wildman–Crippen MR) is 62.6 cm³/mol. The van der Waals surface area contributed by atoms with Crippen molar-refractivity contribution in [1.29, 1.82) is 0 Å². The third-order valence-electron chi connectivity index (χ3n) is 3.51. The van der Waals surface area contributed by atoms with Gasteiger partial charge in [-0.25, -0.2) is 0 Å². The minimum atomic E-state index is 0. The number of ether oxygens (including phenoxy) is 1. The van der Waals surface area contributed by atoms with Crippen molar-refractivity contribution in [2.24, 2.45) is 11.8 Å². The van der Waals surface area contributed by atoms with Crippen molar-refractivity contribution in [3.8, 4) is 0 Å². The second-order valence-corrected chi connectivity index (χ2v) is 4.63. The first-order chi connectivity index (χ1) is 7.27. The van der Waals surface area contributed by atoms with E-state index in [2.05, 4.69) is 26.0 Å². The van der Waals surface area contributed by atoms with Crippen molar-refractivity contribution in [1.82, 2.24) is 0 Å². The Morgan fingerprint density at radius 1 is 0.882 bits per heavy atom. The van der Waals surface area contributed by atoms with Crippen molar-refractivity contribution in [3.05, 3.63) is 37.5 Å². The van der Waals surface area contributed by atoms with E-state index in [-0.39, 0.29) is 42.1 Å². The second-order valence-electron chi connectivity index (χ2n) is 4.63. The molecule has 2 fully saturated rings. The molecule has 0 aromatic heterocycles. The standard InChI is InChI=1S/C14H20O.2W/c1-11(13-7-3-4-8-13)15-12(2)14-9-5-6-10-14;;/h3,5,13-14H,1-2,4,6-10H2;;/q-2;;/t13-,14+;;. The molecule has 2 aliphatic rings. The fourth-order valence-electron chi connectivity index (χ4n) is 2.43. The van der Waals surface area contributed by atoms with E-state index in [0.717, 1.165) is 24.4 Å². The van der Waals surface area contributed by atoms with E-state index in [4.69, 9.17) is 4.74 Å². The first kappa shape index (κ1) is 17.7. The molecule has 17 heavy (non-hydrogen) atoms. The number of hydrogen-bond donors (Lipinski definition) is 0. The van der Waals surface area contributed by atoms with E-state index in [0.29, 0.717) is 11.8 Å². The molecular weight excluding hydrogens is 552 g/mol. The van der Waals surface area contributed by atoms with Crippen LogP contribution in [-0.4, -0.2) is 0 Å². The van der Waals surface area contributed by atoms with Crippen molar-refractivity contribution in [2.45, 2.75) is 38.5 Å². The summed E-state index contributed by atoms with van der Waals surface area (Å²) < 4.78 is 5.79. The minimum absolute atomic E-state index is 0. The van der Waals surface area contributed by atoms with Crippen LogP contribution >= 0.6 is 0 Å². The van der Waals surface area contributed by atoms with Crippen LogP contribution in [0.5, 0.6) is 0 Å². The van der Waals surface area contributed by atoms with E-state index in [9.17, 15) is 0 Å². The van der Waals surface area contributed by atoms with E-state index < -0.39 is 0 Å². The molecule has 0 bridgehead atoms. The summed E-state index contributed by atoms with van der Waals surface area (Å²) in [5.41, 5.74) is 0. The van der Waals surface area contributed by atoms with Crippen molar-refractivity contribution >= 4 is 0 Å². The van der Waals surface area contributed by atoms with Gasteiger partial charge in [0.2, 0.25) is 0 Å². The Bertz CT molecular complexity index is 225. The van der Waals surface area contributed by atoms with Crippen molar-refractivity contribution in [3.63, 3.8) is 0 Å². The average molecular weight is 572 g/mol. The van der Waals surface area contributed by atoms with Gasteiger partial charge in [-0.15, -0.1) is 0 Å². The third kappa shape index (κ3) is 5.04. The van der Waals surface area contributed by atoms with E-state index >= 15 is 0 Å². The molecule has 0 aromatic rings. The van der Waals surface area contributed by atoms with Gasteiger partial charge >= 0.3 is 0 Å². The largest absolute Gasteiger partial charge is 0.467 e. The van der Waals surface area contributed by atoms with Gasteiger partial charge in [0.25, 0.3) is 0 Å². The van der Waals surface area contributed by atoms with E-state index in [1.165, 1.54) is 25.7 Å². The number of allylic oxidation sites excluding steroid dienone is 2. The molecule has 2 rings (SSSR count). The van der Waals surface area contributed by atoms with E-state index in [1.54, 1.807) is 0 Å². The molecule has 0 N–H and O–H groups in total. The Hall–Kier alpha value is 0.657. The van der Waals surface area contributed by atoms with Gasteiger partial charge in [-0.3, -0.25) is 0 Å². The summed E-state index contributed by atoms with van der Waals surface area (Å²) in [6, 6.07) is 0. The zero-order chi connectivity index (χ0) is 10.7. The summed E-state index contributed by atoms with van der Waals surface area (Å²) >= 11 is 0. The summed E-state index contributed by atoms with van der Waals surface area (Å²) in [7, 11) is 0. The van der Waals surface area contributed by atoms with Crippen molar-refractivity contribution < 1.29 is 46.9 Å². The van der Waals surface area contributed by atoms with Gasteiger partial charge in [-0.05, 0) is 11.8 Å². The number of hydrogen-bond acceptors (Lipinski definition) is 1. The molecule has 2 saturated carbocycles. The maximum Gasteiger partial charge on any atom is 0.0968 e. The summed E-state index contributed by atoms with van der Waals surface area (Å²) in [6.45, 7) is 8.07. The maximum absolute atomic E-state index is 5.79. The zero-order valence-electron chi connectivity index (χ0n) is 10.2. The summed E-state index contributed by atoms with van der Waals surface area (Å²) in [5, 5.41) is 0. The summed E-state index contributed by atoms with van der Waals surface area (Å²) in [6.07, 6.45) is 11.7. The van der Waals surface area contributed by atoms with Crippen LogP contribution in [0.25, 0.3) is 0 Å². The molecule has 3 heteroatoms. The van der Waals surface area contributed by atoms with Gasteiger partial charge in [-0.1, -0.05) is 26.0 Å². The topological polar surface area (TPSA) is 9.23 Å². The summed E-state index contributed by atoms with van der Waals surface area (Å²) in [5.74, 6) is 2.93. The van der Waals surface area contributed by atoms with Gasteiger partial charge in [0.05, 0.1) is 11.5 Å². The van der Waals surface area contributed by atoms with Crippen LogP contribution in [0, 0.1) is 24.7 Å². The van der Waals surface area contributed by atoms with E-state index in [1.807, 2.05) is 0 Å². The van der Waals surface area contributed by atoms with Crippen LogP contribution < -0.4 is 0 Å². The van der Waals surface area contributed by atoms with Gasteiger partial charge in [0.1, 0.15) is 0 Å². The molecule has 0 aromatic carbocycles. The molecule has 0 spiro atoms. The maximum atomic E-state index is 5.79. The molecule has 2 aliphatic carbocycles. The molecule has 96 valence electrons. The molecule has 0 amide bonds. The van der Waals surface area contributed by atoms with Crippen LogP contribution in [0.2, 0.25) is 0 Å². The smallest absolute Gasteiger partial charge is 0.0968 e. The number of rotatable bonds is 4. The Morgan fingerprint density at radius 3 is 1.59 bits per heavy atom. The zero-order valence-corrected chi connectivity index (χ0v) is 16.1. The Balaban J connectivity index is 0.00000128. The molecule has 0 saturated heterocycles. The Morgan fingerprint density at radius 2 is 1.29 bits per heavy atom. The van der Waals surface area contributed by atoms with Crippen LogP contribution in [0.3, 0.4) is 0 Å². The SMILES string of the molecule is C=C(OC(=C)[C@H]1C[CH-]CC1)[C@@H]1C[CH-]CC1.[W].[W]. The molecule has 2 atom stereocenters. The molecular formula is C14H20OW2-2.